The second kappa shape index (κ2) is 7.51. The first-order valence-corrected chi connectivity index (χ1v) is 9.85. The van der Waals surface area contributed by atoms with Crippen LogP contribution in [0.15, 0.2) is 42.7 Å². The normalized spacial score (nSPS) is 15.5. The molecule has 0 radical (unpaired) electrons. The fourth-order valence-electron chi connectivity index (χ4n) is 3.38. The molecule has 0 N–H and O–H groups in total. The molecule has 1 aliphatic heterocycles. The number of fused-ring (bicyclic) bond motifs is 1. The maximum Gasteiger partial charge on any atom is 0.254 e. The van der Waals surface area contributed by atoms with Gasteiger partial charge < -0.3 is 4.90 Å². The van der Waals surface area contributed by atoms with Crippen LogP contribution < -0.4 is 0 Å². The number of amides is 1. The summed E-state index contributed by atoms with van der Waals surface area (Å²) in [6.45, 7) is 6.20. The number of aromatic nitrogens is 2. The van der Waals surface area contributed by atoms with Crippen molar-refractivity contribution in [3.05, 3.63) is 58.9 Å². The Bertz CT molecular complexity index is 882. The number of rotatable bonds is 4. The van der Waals surface area contributed by atoms with Crippen molar-refractivity contribution in [1.29, 1.82) is 0 Å². The lowest BCUT2D eigenvalue weighted by atomic mass is 10.1. The standard InChI is InChI=1S/C20H22N4OS/c1-2-15-13-21-8-7-16(15)20(25)24-11-9-23(10-12-24)14-19-22-17-5-3-4-6-18(17)26-19/h3-8,13H,2,9-12,14H2,1H3. The molecule has 1 fully saturated rings. The molecule has 134 valence electrons. The summed E-state index contributed by atoms with van der Waals surface area (Å²) in [4.78, 5) is 26.0. The van der Waals surface area contributed by atoms with Gasteiger partial charge in [0.05, 0.1) is 16.8 Å². The number of pyridine rings is 1. The van der Waals surface area contributed by atoms with Crippen molar-refractivity contribution in [1.82, 2.24) is 19.8 Å². The number of carbonyl (C=O) groups is 1. The van der Waals surface area contributed by atoms with Gasteiger partial charge in [-0.25, -0.2) is 4.98 Å². The summed E-state index contributed by atoms with van der Waals surface area (Å²) in [6, 6.07) is 10.1. The van der Waals surface area contributed by atoms with Crippen LogP contribution in [0.4, 0.5) is 0 Å². The molecule has 6 heteroatoms. The number of hydrogen-bond acceptors (Lipinski definition) is 5. The molecular formula is C20H22N4OS. The Morgan fingerprint density at radius 2 is 1.96 bits per heavy atom. The van der Waals surface area contributed by atoms with E-state index in [1.807, 2.05) is 17.0 Å². The molecule has 4 rings (SSSR count). The highest BCUT2D eigenvalue weighted by Crippen LogP contribution is 2.23. The van der Waals surface area contributed by atoms with Gasteiger partial charge in [-0.3, -0.25) is 14.7 Å². The second-order valence-electron chi connectivity index (χ2n) is 6.53. The summed E-state index contributed by atoms with van der Waals surface area (Å²) in [6.07, 6.45) is 4.33. The largest absolute Gasteiger partial charge is 0.336 e. The van der Waals surface area contributed by atoms with Gasteiger partial charge in [-0.1, -0.05) is 19.1 Å². The van der Waals surface area contributed by atoms with Crippen LogP contribution in [0.3, 0.4) is 0 Å². The zero-order valence-corrected chi connectivity index (χ0v) is 15.7. The Labute approximate surface area is 157 Å². The van der Waals surface area contributed by atoms with Crippen molar-refractivity contribution in [2.24, 2.45) is 0 Å². The maximum atomic E-state index is 12.8. The minimum Gasteiger partial charge on any atom is -0.336 e. The SMILES string of the molecule is CCc1cnccc1C(=O)N1CCN(Cc2nc3ccccc3s2)CC1. The van der Waals surface area contributed by atoms with E-state index in [-0.39, 0.29) is 5.91 Å². The van der Waals surface area contributed by atoms with E-state index in [1.54, 1.807) is 23.7 Å². The molecule has 5 nitrogen and oxygen atoms in total. The monoisotopic (exact) mass is 366 g/mol. The fraction of sp³-hybridized carbons (Fsp3) is 0.350. The van der Waals surface area contributed by atoms with Gasteiger partial charge in [0.25, 0.3) is 5.91 Å². The smallest absolute Gasteiger partial charge is 0.254 e. The molecule has 0 saturated carbocycles. The lowest BCUT2D eigenvalue weighted by molar-refractivity contribution is 0.0627. The molecule has 0 spiro atoms. The number of piperazine rings is 1. The van der Waals surface area contributed by atoms with E-state index < -0.39 is 0 Å². The average Bonchev–Trinajstić information content (AvgIpc) is 3.10. The highest BCUT2D eigenvalue weighted by Gasteiger charge is 2.24. The topological polar surface area (TPSA) is 49.3 Å². The van der Waals surface area contributed by atoms with Gasteiger partial charge in [0.1, 0.15) is 5.01 Å². The van der Waals surface area contributed by atoms with Crippen LogP contribution in [-0.2, 0) is 13.0 Å². The minimum atomic E-state index is 0.129. The lowest BCUT2D eigenvalue weighted by Gasteiger charge is -2.34. The van der Waals surface area contributed by atoms with Crippen LogP contribution >= 0.6 is 11.3 Å². The molecule has 2 aromatic heterocycles. The van der Waals surface area contributed by atoms with E-state index in [2.05, 4.69) is 35.0 Å². The first kappa shape index (κ1) is 17.1. The molecule has 1 aliphatic rings. The third-order valence-electron chi connectivity index (χ3n) is 4.87. The molecule has 1 aromatic carbocycles. The number of nitrogens with zero attached hydrogens (tertiary/aromatic N) is 4. The van der Waals surface area contributed by atoms with Crippen molar-refractivity contribution < 1.29 is 4.79 Å². The van der Waals surface area contributed by atoms with Crippen molar-refractivity contribution in [3.63, 3.8) is 0 Å². The van der Waals surface area contributed by atoms with Crippen LogP contribution in [0, 0.1) is 0 Å². The summed E-state index contributed by atoms with van der Waals surface area (Å²) >= 11 is 1.76. The molecule has 3 aromatic rings. The molecule has 26 heavy (non-hydrogen) atoms. The van der Waals surface area contributed by atoms with Gasteiger partial charge in [-0.2, -0.15) is 0 Å². The van der Waals surface area contributed by atoms with Crippen LogP contribution in [0.25, 0.3) is 10.2 Å². The lowest BCUT2D eigenvalue weighted by Crippen LogP contribution is -2.48. The van der Waals surface area contributed by atoms with Gasteiger partial charge in [0.15, 0.2) is 0 Å². The van der Waals surface area contributed by atoms with Gasteiger partial charge in [-0.05, 0) is 30.2 Å². The fourth-order valence-corrected chi connectivity index (χ4v) is 4.39. The Morgan fingerprint density at radius 1 is 1.15 bits per heavy atom. The van der Waals surface area contributed by atoms with Crippen LogP contribution in [0.5, 0.6) is 0 Å². The average molecular weight is 366 g/mol. The zero-order chi connectivity index (χ0) is 17.9. The highest BCUT2D eigenvalue weighted by molar-refractivity contribution is 7.18. The van der Waals surface area contributed by atoms with Gasteiger partial charge in [0, 0.05) is 44.1 Å². The Morgan fingerprint density at radius 3 is 2.73 bits per heavy atom. The predicted octanol–water partition coefficient (Wildman–Crippen LogP) is 3.21. The van der Waals surface area contributed by atoms with Gasteiger partial charge in [-0.15, -0.1) is 11.3 Å². The Balaban J connectivity index is 1.38. The minimum absolute atomic E-state index is 0.129. The molecule has 0 unspecified atom stereocenters. The Hall–Kier alpha value is -2.31. The number of thiazole rings is 1. The van der Waals surface area contributed by atoms with Crippen molar-refractivity contribution in [2.45, 2.75) is 19.9 Å². The number of hydrogen-bond donors (Lipinski definition) is 0. The number of para-hydroxylation sites is 1. The van der Waals surface area contributed by atoms with E-state index in [0.29, 0.717) is 0 Å². The summed E-state index contributed by atoms with van der Waals surface area (Å²) in [5, 5.41) is 1.15. The Kier molecular flexibility index (Phi) is 4.95. The quantitative estimate of drug-likeness (QED) is 0.711. The zero-order valence-electron chi connectivity index (χ0n) is 14.9. The molecule has 0 bridgehead atoms. The third-order valence-corrected chi connectivity index (χ3v) is 5.89. The van der Waals surface area contributed by atoms with Crippen molar-refractivity contribution in [2.75, 3.05) is 26.2 Å². The van der Waals surface area contributed by atoms with E-state index >= 15 is 0 Å². The van der Waals surface area contributed by atoms with Gasteiger partial charge in [0.2, 0.25) is 0 Å². The first-order chi connectivity index (χ1) is 12.7. The summed E-state index contributed by atoms with van der Waals surface area (Å²) in [5.41, 5.74) is 2.89. The maximum absolute atomic E-state index is 12.8. The number of aryl methyl sites for hydroxylation is 1. The van der Waals surface area contributed by atoms with Crippen molar-refractivity contribution >= 4 is 27.5 Å². The van der Waals surface area contributed by atoms with E-state index in [4.69, 9.17) is 4.98 Å². The molecule has 1 saturated heterocycles. The van der Waals surface area contributed by atoms with Crippen LogP contribution in [0.2, 0.25) is 0 Å². The summed E-state index contributed by atoms with van der Waals surface area (Å²) < 4.78 is 1.24. The van der Waals surface area contributed by atoms with Crippen LogP contribution in [-0.4, -0.2) is 51.9 Å². The summed E-state index contributed by atoms with van der Waals surface area (Å²) in [7, 11) is 0. The predicted molar refractivity (Wildman–Crippen MR) is 104 cm³/mol. The molecule has 1 amide bonds. The molecule has 0 aliphatic carbocycles. The molecule has 0 atom stereocenters. The molecular weight excluding hydrogens is 344 g/mol. The van der Waals surface area contributed by atoms with E-state index in [9.17, 15) is 4.79 Å². The number of carbonyl (C=O) groups excluding carboxylic acids is 1. The van der Waals surface area contributed by atoms with E-state index in [1.165, 1.54) is 4.70 Å². The highest BCUT2D eigenvalue weighted by atomic mass is 32.1. The first-order valence-electron chi connectivity index (χ1n) is 9.03. The van der Waals surface area contributed by atoms with Crippen LogP contribution in [0.1, 0.15) is 27.9 Å². The third kappa shape index (κ3) is 3.48. The van der Waals surface area contributed by atoms with Crippen molar-refractivity contribution in [3.8, 4) is 0 Å². The van der Waals surface area contributed by atoms with Gasteiger partial charge >= 0.3 is 0 Å². The number of benzene rings is 1. The summed E-state index contributed by atoms with van der Waals surface area (Å²) in [5.74, 6) is 0.129. The second-order valence-corrected chi connectivity index (χ2v) is 7.65. The van der Waals surface area contributed by atoms with E-state index in [0.717, 1.165) is 60.8 Å². The molecule has 3 heterocycles.